The molecule has 2 aromatic rings. The number of benzene rings is 2. The molecule has 0 bridgehead atoms. The molecule has 0 saturated carbocycles. The maximum atomic E-state index is 15.1. The van der Waals surface area contributed by atoms with Crippen LogP contribution in [0.4, 0.5) is 28.0 Å². The van der Waals surface area contributed by atoms with Crippen molar-refractivity contribution in [1.82, 2.24) is 15.2 Å². The first-order valence-corrected chi connectivity index (χ1v) is 12.2. The van der Waals surface area contributed by atoms with Crippen LogP contribution in [0, 0.1) is 5.82 Å². The van der Waals surface area contributed by atoms with E-state index in [0.29, 0.717) is 17.7 Å². The number of nitrogens with one attached hydrogen (secondary N) is 1. The lowest BCUT2D eigenvalue weighted by Crippen LogP contribution is -2.42. The van der Waals surface area contributed by atoms with Crippen molar-refractivity contribution in [3.8, 4) is 5.75 Å². The van der Waals surface area contributed by atoms with Crippen molar-refractivity contribution >= 4 is 17.4 Å². The van der Waals surface area contributed by atoms with Gasteiger partial charge in [0.15, 0.2) is 0 Å². The lowest BCUT2D eigenvalue weighted by molar-refractivity contribution is -0.274. The highest BCUT2D eigenvalue weighted by atomic mass is 19.4. The average molecular weight is 522 g/mol. The topological polar surface area (TPSA) is 60.4 Å². The van der Waals surface area contributed by atoms with Crippen molar-refractivity contribution in [2.24, 2.45) is 5.10 Å². The van der Waals surface area contributed by atoms with E-state index in [1.807, 2.05) is 19.2 Å². The third-order valence-corrected chi connectivity index (χ3v) is 6.99. The normalized spacial score (nSPS) is 19.1. The molecular formula is C26H31F4N5O2. The van der Waals surface area contributed by atoms with Crippen molar-refractivity contribution in [3.63, 3.8) is 0 Å². The summed E-state index contributed by atoms with van der Waals surface area (Å²) in [7, 11) is 5.59. The van der Waals surface area contributed by atoms with Crippen LogP contribution in [0.1, 0.15) is 36.5 Å². The number of anilines is 1. The fraction of sp³-hybridized carbons (Fsp3) is 0.462. The standard InChI is InChI=1S/C26H31F4N5O2/c1-16-13-21-22(14-20(15-23(21)27)37-26(28,29)30)24(32-35(16)25(36)31-2)17-5-7-18(8-6-17)34(4)19-9-11-33(3)12-10-19/h5-8,14-16,19H,9-13H2,1-4H3,(H,31,36)/t16-/m0/s1. The van der Waals surface area contributed by atoms with E-state index in [4.69, 9.17) is 0 Å². The minimum atomic E-state index is -4.98. The molecule has 7 nitrogen and oxygen atoms in total. The van der Waals surface area contributed by atoms with Crippen LogP contribution in [-0.2, 0) is 6.42 Å². The highest BCUT2D eigenvalue weighted by molar-refractivity contribution is 6.14. The van der Waals surface area contributed by atoms with Gasteiger partial charge in [0.25, 0.3) is 0 Å². The summed E-state index contributed by atoms with van der Waals surface area (Å²) in [5.74, 6) is -1.54. The van der Waals surface area contributed by atoms with Crippen LogP contribution >= 0.6 is 0 Å². The number of carbonyl (C=O) groups is 1. The molecule has 1 saturated heterocycles. The highest BCUT2D eigenvalue weighted by Crippen LogP contribution is 2.33. The molecule has 2 heterocycles. The van der Waals surface area contributed by atoms with Gasteiger partial charge >= 0.3 is 12.4 Å². The Balaban J connectivity index is 1.75. The fourth-order valence-corrected chi connectivity index (χ4v) is 4.89. The number of nitrogens with zero attached hydrogens (tertiary/aromatic N) is 4. The largest absolute Gasteiger partial charge is 0.573 e. The second-order valence-electron chi connectivity index (χ2n) is 9.57. The number of rotatable bonds is 4. The molecule has 1 atom stereocenters. The van der Waals surface area contributed by atoms with Gasteiger partial charge in [-0.2, -0.15) is 5.10 Å². The summed E-state index contributed by atoms with van der Waals surface area (Å²) in [5.41, 5.74) is 2.01. The zero-order chi connectivity index (χ0) is 26.9. The average Bonchev–Trinajstić information content (AvgIpc) is 2.99. The number of ether oxygens (including phenoxy) is 1. The molecule has 0 spiro atoms. The third-order valence-electron chi connectivity index (χ3n) is 6.99. The molecule has 0 aliphatic carbocycles. The predicted molar refractivity (Wildman–Crippen MR) is 134 cm³/mol. The summed E-state index contributed by atoms with van der Waals surface area (Å²) in [5, 5.41) is 8.21. The van der Waals surface area contributed by atoms with E-state index in [-0.39, 0.29) is 23.3 Å². The molecule has 11 heteroatoms. The first-order chi connectivity index (χ1) is 17.5. The number of hydrazone groups is 1. The summed E-state index contributed by atoms with van der Waals surface area (Å²) in [6, 6.07) is 8.56. The predicted octanol–water partition coefficient (Wildman–Crippen LogP) is 4.59. The van der Waals surface area contributed by atoms with E-state index < -0.39 is 30.0 Å². The Labute approximate surface area is 213 Å². The molecule has 2 aromatic carbocycles. The van der Waals surface area contributed by atoms with E-state index in [2.05, 4.69) is 32.0 Å². The van der Waals surface area contributed by atoms with Gasteiger partial charge in [0.1, 0.15) is 11.6 Å². The lowest BCUT2D eigenvalue weighted by Gasteiger charge is -2.36. The smallest absolute Gasteiger partial charge is 0.406 e. The van der Waals surface area contributed by atoms with Crippen molar-refractivity contribution in [1.29, 1.82) is 0 Å². The third kappa shape index (κ3) is 5.98. The van der Waals surface area contributed by atoms with Gasteiger partial charge in [-0.3, -0.25) is 0 Å². The van der Waals surface area contributed by atoms with Crippen LogP contribution in [0.5, 0.6) is 5.75 Å². The number of likely N-dealkylation sites (tertiary alicyclic amines) is 1. The van der Waals surface area contributed by atoms with Crippen LogP contribution < -0.4 is 15.0 Å². The second kappa shape index (κ2) is 10.6. The number of fused-ring (bicyclic) bond motifs is 1. The molecule has 2 aliphatic heterocycles. The number of alkyl halides is 3. The number of halogens is 4. The quantitative estimate of drug-likeness (QED) is 0.598. The summed E-state index contributed by atoms with van der Waals surface area (Å²) >= 11 is 0. The molecule has 1 N–H and O–H groups in total. The number of urea groups is 1. The van der Waals surface area contributed by atoms with Gasteiger partial charge in [0.2, 0.25) is 0 Å². The van der Waals surface area contributed by atoms with Gasteiger partial charge in [0, 0.05) is 43.0 Å². The Kier molecular flexibility index (Phi) is 7.63. The fourth-order valence-electron chi connectivity index (χ4n) is 4.89. The first-order valence-electron chi connectivity index (χ1n) is 12.2. The lowest BCUT2D eigenvalue weighted by atomic mass is 9.93. The molecule has 0 aromatic heterocycles. The van der Waals surface area contributed by atoms with Gasteiger partial charge in [-0.05, 0) is 70.1 Å². The number of amides is 2. The van der Waals surface area contributed by atoms with Gasteiger partial charge in [-0.15, -0.1) is 13.2 Å². The number of hydrogen-bond donors (Lipinski definition) is 1. The SMILES string of the molecule is CNC(=O)N1N=C(c2ccc(N(C)C3CCN(C)CC3)cc2)c2cc(OC(F)(F)F)cc(F)c2C[C@@H]1C. The number of hydrogen-bond acceptors (Lipinski definition) is 5. The maximum absolute atomic E-state index is 15.1. The minimum Gasteiger partial charge on any atom is -0.406 e. The van der Waals surface area contributed by atoms with Crippen LogP contribution in [0.15, 0.2) is 41.5 Å². The summed E-state index contributed by atoms with van der Waals surface area (Å²) in [4.78, 5) is 17.1. The van der Waals surface area contributed by atoms with Crippen LogP contribution in [0.25, 0.3) is 0 Å². The molecule has 4 rings (SSSR count). The van der Waals surface area contributed by atoms with Crippen LogP contribution in [0.3, 0.4) is 0 Å². The van der Waals surface area contributed by atoms with Crippen LogP contribution in [0.2, 0.25) is 0 Å². The van der Waals surface area contributed by atoms with Gasteiger partial charge in [-0.1, -0.05) is 12.1 Å². The van der Waals surface area contributed by atoms with E-state index >= 15 is 4.39 Å². The summed E-state index contributed by atoms with van der Waals surface area (Å²) in [6.07, 6.45) is -2.85. The molecule has 1 fully saturated rings. The molecule has 37 heavy (non-hydrogen) atoms. The van der Waals surface area contributed by atoms with Gasteiger partial charge in [0.05, 0.1) is 11.8 Å². The number of carbonyl (C=O) groups excluding carboxylic acids is 1. The molecular weight excluding hydrogens is 490 g/mol. The van der Waals surface area contributed by atoms with Crippen molar-refractivity contribution in [2.45, 2.75) is 44.6 Å². The molecule has 0 unspecified atom stereocenters. The Bertz CT molecular complexity index is 1160. The monoisotopic (exact) mass is 521 g/mol. The first kappa shape index (κ1) is 26.7. The highest BCUT2D eigenvalue weighted by Gasteiger charge is 2.34. The van der Waals surface area contributed by atoms with Gasteiger partial charge in [-0.25, -0.2) is 14.2 Å². The van der Waals surface area contributed by atoms with Crippen molar-refractivity contribution in [3.05, 3.63) is 58.9 Å². The minimum absolute atomic E-state index is 0.0603. The molecule has 2 amide bonds. The summed E-state index contributed by atoms with van der Waals surface area (Å²) in [6.45, 7) is 3.73. The summed E-state index contributed by atoms with van der Waals surface area (Å²) < 4.78 is 58.0. The zero-order valence-corrected chi connectivity index (χ0v) is 21.3. The zero-order valence-electron chi connectivity index (χ0n) is 21.3. The number of piperidine rings is 1. The second-order valence-corrected chi connectivity index (χ2v) is 9.57. The molecule has 0 radical (unpaired) electrons. The van der Waals surface area contributed by atoms with Gasteiger partial charge < -0.3 is 19.9 Å². The van der Waals surface area contributed by atoms with E-state index in [9.17, 15) is 18.0 Å². The Hall–Kier alpha value is -3.34. The Morgan fingerprint density at radius 3 is 2.41 bits per heavy atom. The van der Waals surface area contributed by atoms with Crippen LogP contribution in [-0.4, -0.2) is 74.3 Å². The Morgan fingerprint density at radius 1 is 1.16 bits per heavy atom. The van der Waals surface area contributed by atoms with E-state index in [0.717, 1.165) is 37.7 Å². The van der Waals surface area contributed by atoms with Crippen molar-refractivity contribution < 1.29 is 27.1 Å². The van der Waals surface area contributed by atoms with E-state index in [1.54, 1.807) is 19.1 Å². The molecule has 2 aliphatic rings. The van der Waals surface area contributed by atoms with E-state index in [1.165, 1.54) is 12.1 Å². The van der Waals surface area contributed by atoms with Crippen molar-refractivity contribution in [2.75, 3.05) is 39.1 Å². The molecule has 200 valence electrons. The Morgan fingerprint density at radius 2 is 1.81 bits per heavy atom. The maximum Gasteiger partial charge on any atom is 0.573 e.